The number of phenols is 1. The lowest BCUT2D eigenvalue weighted by Gasteiger charge is -2.18. The average molecular weight is 345 g/mol. The van der Waals surface area contributed by atoms with E-state index in [1.807, 2.05) is 19.9 Å². The van der Waals surface area contributed by atoms with Crippen LogP contribution in [0.2, 0.25) is 0 Å². The van der Waals surface area contributed by atoms with Crippen molar-refractivity contribution in [3.05, 3.63) is 52.3 Å². The summed E-state index contributed by atoms with van der Waals surface area (Å²) < 4.78 is 19.5. The van der Waals surface area contributed by atoms with Crippen LogP contribution in [0.25, 0.3) is 11.1 Å². The van der Waals surface area contributed by atoms with E-state index in [1.54, 1.807) is 32.0 Å². The van der Waals surface area contributed by atoms with Crippen LogP contribution in [0.5, 0.6) is 5.75 Å². The van der Waals surface area contributed by atoms with E-state index in [0.717, 1.165) is 11.1 Å². The molecule has 0 radical (unpaired) electrons. The van der Waals surface area contributed by atoms with Gasteiger partial charge < -0.3 is 15.6 Å². The number of benzene rings is 2. The smallest absolute Gasteiger partial charge is 0.307 e. The number of aromatic hydroxyl groups is 1. The molecule has 4 nitrogen and oxygen atoms in total. The van der Waals surface area contributed by atoms with E-state index in [2.05, 4.69) is 0 Å². The second-order valence-corrected chi connectivity index (χ2v) is 6.21. The summed E-state index contributed by atoms with van der Waals surface area (Å²) in [4.78, 5) is 11.7. The highest BCUT2D eigenvalue weighted by Gasteiger charge is 2.20. The minimum Gasteiger partial charge on any atom is -0.507 e. The normalized spacial score (nSPS) is 12.1. The average Bonchev–Trinajstić information content (AvgIpc) is 2.54. The fourth-order valence-electron chi connectivity index (χ4n) is 2.89. The van der Waals surface area contributed by atoms with Crippen LogP contribution in [0.4, 0.5) is 4.39 Å². The van der Waals surface area contributed by atoms with E-state index < -0.39 is 17.8 Å². The Hall–Kier alpha value is -2.40. The van der Waals surface area contributed by atoms with Crippen molar-refractivity contribution >= 4 is 5.97 Å². The summed E-state index contributed by atoms with van der Waals surface area (Å²) in [6.45, 7) is 7.45. The van der Waals surface area contributed by atoms with Crippen LogP contribution in [0.1, 0.15) is 41.6 Å². The molecule has 0 aliphatic rings. The fraction of sp³-hybridized carbons (Fsp3) is 0.350. The summed E-state index contributed by atoms with van der Waals surface area (Å²) in [5, 5.41) is 10.3. The van der Waals surface area contributed by atoms with Crippen molar-refractivity contribution in [2.24, 2.45) is 5.73 Å². The molecule has 0 heterocycles. The van der Waals surface area contributed by atoms with E-state index in [0.29, 0.717) is 16.7 Å². The van der Waals surface area contributed by atoms with Crippen LogP contribution in [0.15, 0.2) is 24.3 Å². The molecular formula is C20H24FNO3. The van der Waals surface area contributed by atoms with Crippen molar-refractivity contribution in [3.63, 3.8) is 0 Å². The van der Waals surface area contributed by atoms with Gasteiger partial charge in [0.15, 0.2) is 0 Å². The van der Waals surface area contributed by atoms with Gasteiger partial charge in [-0.05, 0) is 68.1 Å². The van der Waals surface area contributed by atoms with Gasteiger partial charge in [-0.15, -0.1) is 0 Å². The first-order valence-electron chi connectivity index (χ1n) is 8.27. The van der Waals surface area contributed by atoms with Crippen LogP contribution in [0.3, 0.4) is 0 Å². The van der Waals surface area contributed by atoms with Gasteiger partial charge in [0.25, 0.3) is 0 Å². The van der Waals surface area contributed by atoms with Gasteiger partial charge in [0, 0.05) is 17.2 Å². The molecular weight excluding hydrogens is 321 g/mol. The maximum absolute atomic E-state index is 14.6. The molecule has 1 atom stereocenters. The molecule has 2 rings (SSSR count). The number of hydrogen-bond acceptors (Lipinski definition) is 4. The largest absolute Gasteiger partial charge is 0.507 e. The van der Waals surface area contributed by atoms with Crippen LogP contribution in [-0.2, 0) is 9.53 Å². The van der Waals surface area contributed by atoms with Crippen LogP contribution < -0.4 is 5.73 Å². The second-order valence-electron chi connectivity index (χ2n) is 6.21. The minimum atomic E-state index is -0.815. The van der Waals surface area contributed by atoms with Crippen molar-refractivity contribution in [2.75, 3.05) is 6.61 Å². The Bertz CT molecular complexity index is 802. The fourth-order valence-corrected chi connectivity index (χ4v) is 2.89. The van der Waals surface area contributed by atoms with Crippen LogP contribution >= 0.6 is 0 Å². The van der Waals surface area contributed by atoms with Gasteiger partial charge in [0.05, 0.1) is 13.0 Å². The number of rotatable bonds is 5. The molecule has 0 unspecified atom stereocenters. The third kappa shape index (κ3) is 3.99. The molecule has 0 aliphatic carbocycles. The molecule has 0 aromatic heterocycles. The molecule has 2 aromatic rings. The minimum absolute atomic E-state index is 0.105. The summed E-state index contributed by atoms with van der Waals surface area (Å²) in [6, 6.07) is 5.92. The second kappa shape index (κ2) is 7.66. The monoisotopic (exact) mass is 345 g/mol. The zero-order valence-corrected chi connectivity index (χ0v) is 15.0. The molecule has 134 valence electrons. The molecule has 3 N–H and O–H groups in total. The molecule has 0 amide bonds. The molecule has 0 aliphatic heterocycles. The summed E-state index contributed by atoms with van der Waals surface area (Å²) in [6.07, 6.45) is -0.105. The zero-order valence-electron chi connectivity index (χ0n) is 15.0. The number of carbonyl (C=O) groups excluding carboxylic acids is 1. The van der Waals surface area contributed by atoms with Gasteiger partial charge in [-0.25, -0.2) is 4.39 Å². The van der Waals surface area contributed by atoms with Crippen molar-refractivity contribution in [1.29, 1.82) is 0 Å². The quantitative estimate of drug-likeness (QED) is 0.801. The molecule has 5 heteroatoms. The highest BCUT2D eigenvalue weighted by Crippen LogP contribution is 2.37. The standard InChI is InChI=1S/C20H24FNO3/c1-5-25-18(24)10-16(22)15-9-14(8-12(3)20(15)21)19-13(4)11(2)6-7-17(19)23/h6-9,16,23H,5,10,22H2,1-4H3/t16-/m0/s1. The first kappa shape index (κ1) is 18.9. The molecule has 0 fully saturated rings. The third-order valence-electron chi connectivity index (χ3n) is 4.38. The summed E-state index contributed by atoms with van der Waals surface area (Å²) in [5.41, 5.74) is 9.95. The maximum atomic E-state index is 14.6. The zero-order chi connectivity index (χ0) is 18.7. The van der Waals surface area contributed by atoms with Gasteiger partial charge in [-0.1, -0.05) is 6.07 Å². The number of nitrogens with two attached hydrogens (primary N) is 1. The number of ether oxygens (including phenoxy) is 1. The lowest BCUT2D eigenvalue weighted by atomic mass is 9.91. The lowest BCUT2D eigenvalue weighted by molar-refractivity contribution is -0.143. The number of phenolic OH excluding ortho intramolecular Hbond substituents is 1. The number of esters is 1. The number of hydrogen-bond donors (Lipinski definition) is 2. The first-order chi connectivity index (χ1) is 11.8. The number of halogens is 1. The molecule has 0 saturated carbocycles. The Morgan fingerprint density at radius 2 is 1.92 bits per heavy atom. The van der Waals surface area contributed by atoms with E-state index in [1.165, 1.54) is 0 Å². The topological polar surface area (TPSA) is 72.5 Å². The molecule has 2 aromatic carbocycles. The predicted molar refractivity (Wildman–Crippen MR) is 95.9 cm³/mol. The molecule has 0 spiro atoms. The Morgan fingerprint density at radius 1 is 1.24 bits per heavy atom. The SMILES string of the molecule is CCOC(=O)C[C@H](N)c1cc(-c2c(O)ccc(C)c2C)cc(C)c1F. The van der Waals surface area contributed by atoms with Crippen LogP contribution in [-0.4, -0.2) is 17.7 Å². The first-order valence-corrected chi connectivity index (χ1v) is 8.27. The Balaban J connectivity index is 2.52. The van der Waals surface area contributed by atoms with Crippen LogP contribution in [0, 0.1) is 26.6 Å². The highest BCUT2D eigenvalue weighted by molar-refractivity contribution is 5.76. The van der Waals surface area contributed by atoms with E-state index >= 15 is 0 Å². The Labute approximate surface area is 147 Å². The summed E-state index contributed by atoms with van der Waals surface area (Å²) >= 11 is 0. The maximum Gasteiger partial charge on any atom is 0.307 e. The van der Waals surface area contributed by atoms with E-state index in [9.17, 15) is 14.3 Å². The van der Waals surface area contributed by atoms with Gasteiger partial charge >= 0.3 is 5.97 Å². The van der Waals surface area contributed by atoms with Gasteiger partial charge in [-0.3, -0.25) is 4.79 Å². The Morgan fingerprint density at radius 3 is 2.56 bits per heavy atom. The van der Waals surface area contributed by atoms with Crippen molar-refractivity contribution in [2.45, 2.75) is 40.2 Å². The molecule has 25 heavy (non-hydrogen) atoms. The molecule has 0 saturated heterocycles. The van der Waals surface area contributed by atoms with E-state index in [-0.39, 0.29) is 24.3 Å². The molecule has 0 bridgehead atoms. The highest BCUT2D eigenvalue weighted by atomic mass is 19.1. The van der Waals surface area contributed by atoms with Crippen molar-refractivity contribution in [1.82, 2.24) is 0 Å². The summed E-state index contributed by atoms with van der Waals surface area (Å²) in [7, 11) is 0. The van der Waals surface area contributed by atoms with Crippen molar-refractivity contribution < 1.29 is 19.0 Å². The summed E-state index contributed by atoms with van der Waals surface area (Å²) in [5.74, 6) is -0.781. The van der Waals surface area contributed by atoms with Crippen molar-refractivity contribution in [3.8, 4) is 16.9 Å². The van der Waals surface area contributed by atoms with Gasteiger partial charge in [0.1, 0.15) is 11.6 Å². The number of aryl methyl sites for hydroxylation is 2. The predicted octanol–water partition coefficient (Wildman–Crippen LogP) is 4.08. The third-order valence-corrected chi connectivity index (χ3v) is 4.38. The lowest BCUT2D eigenvalue weighted by Crippen LogP contribution is -2.19. The van der Waals surface area contributed by atoms with Gasteiger partial charge in [0.2, 0.25) is 0 Å². The Kier molecular flexibility index (Phi) is 5.80. The van der Waals surface area contributed by atoms with E-state index in [4.69, 9.17) is 10.5 Å². The number of carbonyl (C=O) groups is 1. The van der Waals surface area contributed by atoms with Gasteiger partial charge in [-0.2, -0.15) is 0 Å².